The second-order valence-electron chi connectivity index (χ2n) is 2.65. The third-order valence-corrected chi connectivity index (χ3v) is 3.70. The van der Waals surface area contributed by atoms with E-state index in [0.29, 0.717) is 5.13 Å². The molecule has 2 rings (SSSR count). The zero-order valence-electron chi connectivity index (χ0n) is 7.28. The minimum absolute atomic E-state index is 0.667. The Hall–Kier alpha value is -0.870. The van der Waals surface area contributed by atoms with Crippen molar-refractivity contribution in [2.45, 2.75) is 13.3 Å². The van der Waals surface area contributed by atoms with Gasteiger partial charge < -0.3 is 5.73 Å². The molecular weight excluding hydrogens is 200 g/mol. The molecule has 0 fully saturated rings. The van der Waals surface area contributed by atoms with E-state index in [1.807, 2.05) is 6.07 Å². The van der Waals surface area contributed by atoms with Crippen LogP contribution in [0.1, 0.15) is 11.8 Å². The van der Waals surface area contributed by atoms with Gasteiger partial charge in [0.05, 0.1) is 10.6 Å². The number of nitrogens with two attached hydrogens (primary N) is 1. The predicted molar refractivity (Wildman–Crippen MR) is 59.2 cm³/mol. The molecule has 0 atom stereocenters. The first-order chi connectivity index (χ1) is 6.31. The van der Waals surface area contributed by atoms with Crippen molar-refractivity contribution in [1.82, 2.24) is 4.98 Å². The number of thiazole rings is 1. The molecule has 0 radical (unpaired) electrons. The molecule has 0 aliphatic carbocycles. The summed E-state index contributed by atoms with van der Waals surface area (Å²) in [5.74, 6) is 0. The summed E-state index contributed by atoms with van der Waals surface area (Å²) in [5, 5.41) is 2.73. The van der Waals surface area contributed by atoms with Crippen LogP contribution in [0, 0.1) is 0 Å². The van der Waals surface area contributed by atoms with Gasteiger partial charge in [0.2, 0.25) is 0 Å². The highest BCUT2D eigenvalue weighted by Crippen LogP contribution is 2.32. The number of hydrogen-bond donors (Lipinski definition) is 1. The predicted octanol–water partition coefficient (Wildman–Crippen LogP) is 3.02. The molecule has 2 nitrogen and oxygen atoms in total. The summed E-state index contributed by atoms with van der Waals surface area (Å²) in [6, 6.07) is 4.12. The van der Waals surface area contributed by atoms with E-state index in [1.165, 1.54) is 9.75 Å². The number of aryl methyl sites for hydroxylation is 1. The van der Waals surface area contributed by atoms with Crippen molar-refractivity contribution in [3.8, 4) is 10.6 Å². The average molecular weight is 210 g/mol. The lowest BCUT2D eigenvalue weighted by Crippen LogP contribution is -1.82. The molecule has 0 aliphatic rings. The van der Waals surface area contributed by atoms with E-state index in [2.05, 4.69) is 23.4 Å². The van der Waals surface area contributed by atoms with Gasteiger partial charge in [-0.05, 0) is 17.9 Å². The number of nitrogen functional groups attached to an aromatic ring is 1. The van der Waals surface area contributed by atoms with Gasteiger partial charge in [-0.25, -0.2) is 4.98 Å². The highest BCUT2D eigenvalue weighted by molar-refractivity contribution is 7.17. The van der Waals surface area contributed by atoms with Gasteiger partial charge >= 0.3 is 0 Å². The summed E-state index contributed by atoms with van der Waals surface area (Å²) in [4.78, 5) is 6.82. The molecule has 2 heterocycles. The zero-order chi connectivity index (χ0) is 9.26. The fourth-order valence-corrected chi connectivity index (χ4v) is 2.81. The number of aromatic nitrogens is 1. The first-order valence-corrected chi connectivity index (χ1v) is 5.80. The SMILES string of the molecule is CCc1sc(N)nc1-c1cccs1. The summed E-state index contributed by atoms with van der Waals surface area (Å²) < 4.78 is 0. The van der Waals surface area contributed by atoms with Crippen LogP contribution in [-0.4, -0.2) is 4.98 Å². The maximum atomic E-state index is 5.67. The standard InChI is InChI=1S/C9H10N2S2/c1-2-6-8(11-9(10)13-6)7-4-3-5-12-7/h3-5H,2H2,1H3,(H2,10,11). The topological polar surface area (TPSA) is 38.9 Å². The van der Waals surface area contributed by atoms with Crippen molar-refractivity contribution in [2.24, 2.45) is 0 Å². The lowest BCUT2D eigenvalue weighted by Gasteiger charge is -1.93. The Morgan fingerprint density at radius 3 is 3.00 bits per heavy atom. The molecule has 68 valence electrons. The van der Waals surface area contributed by atoms with E-state index in [1.54, 1.807) is 22.7 Å². The Morgan fingerprint density at radius 2 is 2.38 bits per heavy atom. The maximum Gasteiger partial charge on any atom is 0.180 e. The van der Waals surface area contributed by atoms with Crippen LogP contribution >= 0.6 is 22.7 Å². The minimum Gasteiger partial charge on any atom is -0.375 e. The molecule has 0 unspecified atom stereocenters. The van der Waals surface area contributed by atoms with Crippen LogP contribution < -0.4 is 5.73 Å². The van der Waals surface area contributed by atoms with E-state index >= 15 is 0 Å². The first-order valence-electron chi connectivity index (χ1n) is 4.10. The van der Waals surface area contributed by atoms with E-state index in [4.69, 9.17) is 5.73 Å². The molecule has 4 heteroatoms. The van der Waals surface area contributed by atoms with E-state index in [-0.39, 0.29) is 0 Å². The minimum atomic E-state index is 0.667. The van der Waals surface area contributed by atoms with Crippen molar-refractivity contribution in [2.75, 3.05) is 5.73 Å². The average Bonchev–Trinajstić information content (AvgIpc) is 2.71. The monoisotopic (exact) mass is 210 g/mol. The van der Waals surface area contributed by atoms with E-state index in [9.17, 15) is 0 Å². The number of nitrogens with zero attached hydrogens (tertiary/aromatic N) is 1. The Bertz CT molecular complexity index is 390. The molecule has 0 saturated heterocycles. The summed E-state index contributed by atoms with van der Waals surface area (Å²) in [6.45, 7) is 2.13. The van der Waals surface area contributed by atoms with Crippen LogP contribution in [0.15, 0.2) is 17.5 Å². The van der Waals surface area contributed by atoms with Crippen LogP contribution in [0.5, 0.6) is 0 Å². The smallest absolute Gasteiger partial charge is 0.180 e. The molecule has 2 N–H and O–H groups in total. The van der Waals surface area contributed by atoms with Gasteiger partial charge in [-0.15, -0.1) is 22.7 Å². The lowest BCUT2D eigenvalue weighted by molar-refractivity contribution is 1.17. The maximum absolute atomic E-state index is 5.67. The summed E-state index contributed by atoms with van der Waals surface area (Å²) in [7, 11) is 0. The van der Waals surface area contributed by atoms with Crippen LogP contribution in [0.3, 0.4) is 0 Å². The van der Waals surface area contributed by atoms with Gasteiger partial charge in [0.1, 0.15) is 0 Å². The molecule has 0 spiro atoms. The van der Waals surface area contributed by atoms with E-state index in [0.717, 1.165) is 12.1 Å². The van der Waals surface area contributed by atoms with Gasteiger partial charge in [0.15, 0.2) is 5.13 Å². The highest BCUT2D eigenvalue weighted by Gasteiger charge is 2.10. The second-order valence-corrected chi connectivity index (χ2v) is 4.72. The summed E-state index contributed by atoms with van der Waals surface area (Å²) in [6.07, 6.45) is 1.00. The van der Waals surface area contributed by atoms with Gasteiger partial charge in [-0.3, -0.25) is 0 Å². The number of anilines is 1. The molecule has 0 saturated carbocycles. The van der Waals surface area contributed by atoms with Crippen molar-refractivity contribution >= 4 is 27.8 Å². The fraction of sp³-hybridized carbons (Fsp3) is 0.222. The van der Waals surface area contributed by atoms with Crippen molar-refractivity contribution in [3.63, 3.8) is 0 Å². The number of hydrogen-bond acceptors (Lipinski definition) is 4. The van der Waals surface area contributed by atoms with Gasteiger partial charge in [0.25, 0.3) is 0 Å². The quantitative estimate of drug-likeness (QED) is 0.827. The van der Waals surface area contributed by atoms with Crippen LogP contribution in [0.4, 0.5) is 5.13 Å². The van der Waals surface area contributed by atoms with Crippen LogP contribution in [-0.2, 0) is 6.42 Å². The van der Waals surface area contributed by atoms with Crippen LogP contribution in [0.2, 0.25) is 0 Å². The first kappa shape index (κ1) is 8.72. The Morgan fingerprint density at radius 1 is 1.54 bits per heavy atom. The Labute approximate surface area is 85.1 Å². The Kier molecular flexibility index (Phi) is 2.33. The summed E-state index contributed by atoms with van der Waals surface area (Å²) >= 11 is 3.29. The largest absolute Gasteiger partial charge is 0.375 e. The second kappa shape index (κ2) is 3.47. The van der Waals surface area contributed by atoms with Gasteiger partial charge in [0, 0.05) is 4.88 Å². The van der Waals surface area contributed by atoms with Crippen molar-refractivity contribution in [3.05, 3.63) is 22.4 Å². The third kappa shape index (κ3) is 1.59. The third-order valence-electron chi connectivity index (χ3n) is 1.79. The zero-order valence-corrected chi connectivity index (χ0v) is 8.91. The lowest BCUT2D eigenvalue weighted by atomic mass is 10.3. The van der Waals surface area contributed by atoms with Crippen LogP contribution in [0.25, 0.3) is 10.6 Å². The number of thiophene rings is 1. The molecule has 0 aliphatic heterocycles. The molecule has 0 amide bonds. The van der Waals surface area contributed by atoms with Crippen molar-refractivity contribution < 1.29 is 0 Å². The normalized spacial score (nSPS) is 10.5. The van der Waals surface area contributed by atoms with Gasteiger partial charge in [-0.1, -0.05) is 13.0 Å². The molecular formula is C9H10N2S2. The highest BCUT2D eigenvalue weighted by atomic mass is 32.1. The van der Waals surface area contributed by atoms with Gasteiger partial charge in [-0.2, -0.15) is 0 Å². The van der Waals surface area contributed by atoms with E-state index < -0.39 is 0 Å². The fourth-order valence-electron chi connectivity index (χ4n) is 1.22. The molecule has 13 heavy (non-hydrogen) atoms. The molecule has 0 aromatic carbocycles. The Balaban J connectivity index is 2.50. The molecule has 2 aromatic rings. The van der Waals surface area contributed by atoms with Crippen molar-refractivity contribution in [1.29, 1.82) is 0 Å². The molecule has 0 bridgehead atoms. The summed E-state index contributed by atoms with van der Waals surface area (Å²) in [5.41, 5.74) is 6.74. The number of rotatable bonds is 2. The molecule has 2 aromatic heterocycles.